The van der Waals surface area contributed by atoms with Crippen LogP contribution in [0.4, 0.5) is 0 Å². The van der Waals surface area contributed by atoms with E-state index >= 15 is 0 Å². The molecule has 0 aromatic heterocycles. The third-order valence-electron chi connectivity index (χ3n) is 4.24. The van der Waals surface area contributed by atoms with Gasteiger partial charge in [0.15, 0.2) is 17.3 Å². The summed E-state index contributed by atoms with van der Waals surface area (Å²) in [5, 5.41) is 0. The molecule has 28 heavy (non-hydrogen) atoms. The maximum Gasteiger partial charge on any atom is 0.166 e. The summed E-state index contributed by atoms with van der Waals surface area (Å²) in [6, 6.07) is 8.60. The number of piperidine rings is 1. The number of rotatable bonds is 6. The Hall–Kier alpha value is -2.33. The van der Waals surface area contributed by atoms with Crippen molar-refractivity contribution in [3.63, 3.8) is 0 Å². The molecule has 2 aliphatic rings. The van der Waals surface area contributed by atoms with Crippen molar-refractivity contribution < 1.29 is 40.3 Å². The van der Waals surface area contributed by atoms with Gasteiger partial charge >= 0.3 is 0 Å². The van der Waals surface area contributed by atoms with Crippen LogP contribution in [0.1, 0.15) is 66.6 Å². The van der Waals surface area contributed by atoms with Crippen molar-refractivity contribution in [2.45, 2.75) is 32.0 Å². The Kier molecular flexibility index (Phi) is 2.05. The number of Topliss-reactive ketones (excluding diaryl/α,β-unsaturated/α-hetero) is 1. The monoisotopic (exact) mass is 398 g/mol. The summed E-state index contributed by atoms with van der Waals surface area (Å²) in [5.74, 6) is -10.4. The van der Waals surface area contributed by atoms with E-state index in [-0.39, 0.29) is 10.5 Å². The fourth-order valence-corrected chi connectivity index (χ4v) is 2.89. The van der Waals surface area contributed by atoms with Crippen LogP contribution in [0.15, 0.2) is 42.5 Å². The minimum Gasteiger partial charge on any atom is -0.493 e. The number of methoxy groups -OCH3 is 2. The minimum atomic E-state index is -4.21. The highest BCUT2D eigenvalue weighted by Crippen LogP contribution is 2.39. The number of carbonyl (C=O) groups is 1. The Labute approximate surface area is 194 Å². The summed E-state index contributed by atoms with van der Waals surface area (Å²) in [6.45, 7) is -8.04. The van der Waals surface area contributed by atoms with E-state index in [1.165, 1.54) is 24.3 Å². The van der Waals surface area contributed by atoms with Crippen LogP contribution in [0, 0.1) is 11.8 Å². The zero-order chi connectivity index (χ0) is 36.2. The first-order valence-corrected chi connectivity index (χ1v) is 8.32. The van der Waals surface area contributed by atoms with Crippen molar-refractivity contribution in [3.8, 4) is 11.5 Å². The molecule has 1 aliphatic carbocycles. The van der Waals surface area contributed by atoms with Crippen molar-refractivity contribution in [2.24, 2.45) is 11.8 Å². The van der Waals surface area contributed by atoms with Crippen LogP contribution in [0.5, 0.6) is 11.5 Å². The molecule has 4 nitrogen and oxygen atoms in total. The number of ether oxygens (including phenoxy) is 2. The molecule has 1 aliphatic heterocycles. The van der Waals surface area contributed by atoms with E-state index in [2.05, 4.69) is 0 Å². The van der Waals surface area contributed by atoms with Gasteiger partial charge in [-0.1, -0.05) is 30.3 Å². The molecule has 4 rings (SSSR count). The van der Waals surface area contributed by atoms with E-state index in [0.29, 0.717) is 12.1 Å². The van der Waals surface area contributed by atoms with Gasteiger partial charge < -0.3 is 9.47 Å². The lowest BCUT2D eigenvalue weighted by Crippen LogP contribution is -2.34. The molecular formula is C24H29NO3. The summed E-state index contributed by atoms with van der Waals surface area (Å²) >= 11 is 0. The lowest BCUT2D eigenvalue weighted by Gasteiger charge is -2.32. The molecular weight excluding hydrogens is 350 g/mol. The Bertz CT molecular complexity index is 1520. The number of ketones is 1. The summed E-state index contributed by atoms with van der Waals surface area (Å²) in [5.41, 5.74) is -1.38. The third-order valence-corrected chi connectivity index (χ3v) is 4.24. The van der Waals surface area contributed by atoms with Crippen LogP contribution in [-0.2, 0) is 12.9 Å². The molecule has 1 saturated heterocycles. The molecule has 0 radical (unpaired) electrons. The highest BCUT2D eigenvalue weighted by molar-refractivity contribution is 6.02. The van der Waals surface area contributed by atoms with Crippen LogP contribution >= 0.6 is 0 Å². The lowest BCUT2D eigenvalue weighted by atomic mass is 9.85. The number of hydrogen-bond donors (Lipinski definition) is 0. The van der Waals surface area contributed by atoms with Gasteiger partial charge in [0.2, 0.25) is 0 Å². The maximum atomic E-state index is 13.9. The Morgan fingerprint density at radius 1 is 1.18 bits per heavy atom. The number of benzene rings is 2. The van der Waals surface area contributed by atoms with Crippen LogP contribution in [-0.4, -0.2) is 37.8 Å². The van der Waals surface area contributed by atoms with Gasteiger partial charge in [0.05, 0.1) is 22.3 Å². The lowest BCUT2D eigenvalue weighted by molar-refractivity contribution is 0.0895. The van der Waals surface area contributed by atoms with Crippen molar-refractivity contribution in [2.75, 3.05) is 27.1 Å². The summed E-state index contributed by atoms with van der Waals surface area (Å²) in [6.07, 6.45) is -15.4. The standard InChI is InChI=1S/C24H29NO3/c1-27-22-14-19-13-20(24(26)21(19)15-23(22)28-2)12-17-8-10-25(11-9-17)16-18-6-4-3-5-7-18/h3-7,14-15,17,20H,8-13,16H2,1-2H3/i1D3,2D3,8D2,9D2,10D2,11D2,12D2,13D2,17D. The summed E-state index contributed by atoms with van der Waals surface area (Å²) < 4.78 is 168. The zero-order valence-corrected chi connectivity index (χ0v) is 14.5. The van der Waals surface area contributed by atoms with E-state index in [0.717, 1.165) is 0 Å². The maximum absolute atomic E-state index is 13.9. The van der Waals surface area contributed by atoms with Crippen LogP contribution < -0.4 is 9.47 Å². The summed E-state index contributed by atoms with van der Waals surface area (Å²) in [4.78, 5) is 14.0. The Balaban J connectivity index is 1.93. The van der Waals surface area contributed by atoms with Gasteiger partial charge in [0.1, 0.15) is 0 Å². The van der Waals surface area contributed by atoms with Gasteiger partial charge in [-0.3, -0.25) is 9.69 Å². The Morgan fingerprint density at radius 2 is 1.89 bits per heavy atom. The number of likely N-dealkylation sites (tertiary alicyclic amines) is 1. The largest absolute Gasteiger partial charge is 0.493 e. The quantitative estimate of drug-likeness (QED) is 0.725. The molecule has 2 aromatic rings. The van der Waals surface area contributed by atoms with Crippen molar-refractivity contribution in [1.82, 2.24) is 4.90 Å². The smallest absolute Gasteiger partial charge is 0.166 e. The fourth-order valence-electron chi connectivity index (χ4n) is 2.89. The van der Waals surface area contributed by atoms with E-state index in [9.17, 15) is 4.79 Å². The van der Waals surface area contributed by atoms with Crippen molar-refractivity contribution in [1.29, 1.82) is 0 Å². The number of carbonyl (C=O) groups excluding carboxylic acids is 1. The van der Waals surface area contributed by atoms with Crippen LogP contribution in [0.2, 0.25) is 0 Å². The predicted molar refractivity (Wildman–Crippen MR) is 110 cm³/mol. The predicted octanol–water partition coefficient (Wildman–Crippen LogP) is 4.36. The van der Waals surface area contributed by atoms with E-state index in [1.54, 1.807) is 6.07 Å². The van der Waals surface area contributed by atoms with Gasteiger partial charge in [-0.2, -0.15) is 0 Å². The SMILES string of the molecule is [2H]C([2H])([2H])Oc1cc2c(cc1OC([2H])([2H])[2H])C([2H])([2H])C(C([2H])([2H])C1([2H])C([2H])([2H])C([2H])([2H])N(Cc3ccccc3)C([2H])([2H])C1([2H])[2H])C2=O. The molecule has 0 bridgehead atoms. The van der Waals surface area contributed by atoms with Gasteiger partial charge in [-0.05, 0) is 67.6 Å². The molecule has 4 heteroatoms. The average Bonchev–Trinajstić information content (AvgIpc) is 3.08. The minimum absolute atomic E-state index is 0.176. The average molecular weight is 399 g/mol. The first kappa shape index (κ1) is 6.88. The van der Waals surface area contributed by atoms with E-state index in [4.69, 9.17) is 35.5 Å². The normalized spacial score (nSPS) is 41.8. The number of fused-ring (bicyclic) bond motifs is 1. The summed E-state index contributed by atoms with van der Waals surface area (Å²) in [7, 11) is -6.51. The van der Waals surface area contributed by atoms with Gasteiger partial charge in [-0.25, -0.2) is 0 Å². The topological polar surface area (TPSA) is 38.8 Å². The van der Waals surface area contributed by atoms with E-state index < -0.39 is 99.3 Å². The molecule has 0 spiro atoms. The number of nitrogens with zero attached hydrogens (tertiary/aromatic N) is 1. The van der Waals surface area contributed by atoms with Crippen molar-refractivity contribution in [3.05, 3.63) is 59.2 Å². The Morgan fingerprint density at radius 3 is 2.61 bits per heavy atom. The molecule has 0 saturated carbocycles. The molecule has 1 fully saturated rings. The van der Waals surface area contributed by atoms with Gasteiger partial charge in [0.25, 0.3) is 0 Å². The van der Waals surface area contributed by atoms with Crippen LogP contribution in [0.3, 0.4) is 0 Å². The molecule has 1 heterocycles. The van der Waals surface area contributed by atoms with E-state index in [1.807, 2.05) is 0 Å². The fraction of sp³-hybridized carbons (Fsp3) is 0.458. The second-order valence-electron chi connectivity index (χ2n) is 6.05. The van der Waals surface area contributed by atoms with Crippen LogP contribution in [0.25, 0.3) is 0 Å². The second kappa shape index (κ2) is 8.36. The molecule has 1 atom stereocenters. The number of hydrogen-bond acceptors (Lipinski definition) is 4. The molecule has 1 unspecified atom stereocenters. The van der Waals surface area contributed by atoms with Gasteiger partial charge in [0, 0.05) is 35.8 Å². The first-order chi connectivity index (χ1) is 20.9. The highest BCUT2D eigenvalue weighted by atomic mass is 16.5. The third kappa shape index (κ3) is 3.93. The zero-order valence-electron chi connectivity index (χ0n) is 33.5. The molecule has 148 valence electrons. The first-order valence-electron chi connectivity index (χ1n) is 17.8. The molecule has 2 aromatic carbocycles. The molecule has 0 N–H and O–H groups in total. The molecule has 0 amide bonds. The highest BCUT2D eigenvalue weighted by Gasteiger charge is 2.34. The van der Waals surface area contributed by atoms with Crippen molar-refractivity contribution >= 4 is 5.78 Å². The van der Waals surface area contributed by atoms with Gasteiger partial charge in [-0.15, -0.1) is 0 Å². The second-order valence-corrected chi connectivity index (χ2v) is 6.05.